The van der Waals surface area contributed by atoms with E-state index in [1.54, 1.807) is 9.80 Å². The lowest BCUT2D eigenvalue weighted by molar-refractivity contribution is -0.146. The van der Waals surface area contributed by atoms with Crippen LogP contribution in [0.1, 0.15) is 19.8 Å². The number of carbonyl (C=O) groups is 3. The topological polar surface area (TPSA) is 90.0 Å². The fourth-order valence-corrected chi connectivity index (χ4v) is 2.61. The molecule has 2 rings (SSSR count). The van der Waals surface area contributed by atoms with E-state index in [1.807, 2.05) is 0 Å². The molecule has 7 nitrogen and oxygen atoms in total. The highest BCUT2D eigenvalue weighted by molar-refractivity contribution is 5.80. The first kappa shape index (κ1) is 14.6. The highest BCUT2D eigenvalue weighted by Crippen LogP contribution is 2.22. The average Bonchev–Trinajstić information content (AvgIpc) is 2.34. The van der Waals surface area contributed by atoms with E-state index in [9.17, 15) is 14.4 Å². The number of aliphatic carboxylic acids is 1. The van der Waals surface area contributed by atoms with Gasteiger partial charge in [-0.15, -0.1) is 0 Å². The zero-order valence-electron chi connectivity index (χ0n) is 11.7. The Kier molecular flexibility index (Phi) is 4.46. The first-order valence-electron chi connectivity index (χ1n) is 6.98. The molecule has 0 bridgehead atoms. The molecule has 2 aliphatic rings. The molecule has 2 fully saturated rings. The van der Waals surface area contributed by atoms with E-state index < -0.39 is 11.9 Å². The molecule has 0 aromatic carbocycles. The molecule has 0 atom stereocenters. The minimum atomic E-state index is -0.830. The molecule has 2 heterocycles. The van der Waals surface area contributed by atoms with Crippen molar-refractivity contribution in [2.45, 2.75) is 19.8 Å². The Balaban J connectivity index is 1.70. The van der Waals surface area contributed by atoms with Crippen molar-refractivity contribution in [3.63, 3.8) is 0 Å². The van der Waals surface area contributed by atoms with Crippen LogP contribution in [-0.4, -0.2) is 65.5 Å². The maximum absolute atomic E-state index is 12.1. The number of likely N-dealkylation sites (tertiary alicyclic amines) is 2. The van der Waals surface area contributed by atoms with Crippen molar-refractivity contribution in [1.29, 1.82) is 0 Å². The quantitative estimate of drug-likeness (QED) is 0.761. The lowest BCUT2D eigenvalue weighted by Crippen LogP contribution is -2.58. The lowest BCUT2D eigenvalue weighted by Gasteiger charge is -2.42. The van der Waals surface area contributed by atoms with Crippen LogP contribution in [0.15, 0.2) is 0 Å². The zero-order valence-corrected chi connectivity index (χ0v) is 11.7. The summed E-state index contributed by atoms with van der Waals surface area (Å²) < 4.78 is 0. The molecule has 3 amide bonds. The largest absolute Gasteiger partial charge is 0.481 e. The second-order valence-electron chi connectivity index (χ2n) is 5.59. The number of urea groups is 1. The third-order valence-electron chi connectivity index (χ3n) is 4.03. The number of amides is 3. The van der Waals surface area contributed by atoms with Gasteiger partial charge in [-0.05, 0) is 18.8 Å². The summed E-state index contributed by atoms with van der Waals surface area (Å²) in [7, 11) is 0. The minimum absolute atomic E-state index is 0.0243. The summed E-state index contributed by atoms with van der Waals surface area (Å²) in [5, 5.41) is 11.6. The summed E-state index contributed by atoms with van der Waals surface area (Å²) in [6.07, 6.45) is 1.75. The number of nitrogens with zero attached hydrogens (tertiary/aromatic N) is 2. The van der Waals surface area contributed by atoms with Crippen LogP contribution < -0.4 is 5.32 Å². The third-order valence-corrected chi connectivity index (χ3v) is 4.03. The van der Waals surface area contributed by atoms with Crippen LogP contribution in [0.2, 0.25) is 0 Å². The highest BCUT2D eigenvalue weighted by atomic mass is 16.4. The first-order valence-corrected chi connectivity index (χ1v) is 6.98. The summed E-state index contributed by atoms with van der Waals surface area (Å²) in [5.41, 5.74) is 0. The summed E-state index contributed by atoms with van der Waals surface area (Å²) in [6, 6.07) is -0.0551. The van der Waals surface area contributed by atoms with Gasteiger partial charge in [-0.2, -0.15) is 0 Å². The molecular formula is C13H21N3O4. The molecule has 0 saturated carbocycles. The van der Waals surface area contributed by atoms with Crippen molar-refractivity contribution in [2.24, 2.45) is 11.8 Å². The van der Waals surface area contributed by atoms with Gasteiger partial charge in [0.1, 0.15) is 0 Å². The van der Waals surface area contributed by atoms with Gasteiger partial charge in [0.25, 0.3) is 0 Å². The van der Waals surface area contributed by atoms with E-state index in [1.165, 1.54) is 6.92 Å². The fraction of sp³-hybridized carbons (Fsp3) is 0.769. The van der Waals surface area contributed by atoms with Gasteiger partial charge in [0.2, 0.25) is 5.91 Å². The number of carbonyl (C=O) groups excluding carboxylic acids is 2. The smallest absolute Gasteiger partial charge is 0.320 e. The van der Waals surface area contributed by atoms with Gasteiger partial charge in [-0.25, -0.2) is 4.79 Å². The molecule has 2 aliphatic heterocycles. The van der Waals surface area contributed by atoms with Gasteiger partial charge < -0.3 is 20.2 Å². The molecule has 0 spiro atoms. The van der Waals surface area contributed by atoms with E-state index in [-0.39, 0.29) is 11.9 Å². The van der Waals surface area contributed by atoms with Crippen LogP contribution >= 0.6 is 0 Å². The number of piperidine rings is 1. The van der Waals surface area contributed by atoms with Gasteiger partial charge in [0.05, 0.1) is 5.92 Å². The molecule has 0 radical (unpaired) electrons. The Labute approximate surface area is 117 Å². The first-order chi connectivity index (χ1) is 9.47. The number of hydrogen-bond acceptors (Lipinski definition) is 3. The number of hydrogen-bond donors (Lipinski definition) is 2. The molecule has 0 unspecified atom stereocenters. The minimum Gasteiger partial charge on any atom is -0.481 e. The van der Waals surface area contributed by atoms with Crippen LogP contribution in [0.4, 0.5) is 4.79 Å². The van der Waals surface area contributed by atoms with Crippen molar-refractivity contribution in [2.75, 3.05) is 32.7 Å². The highest BCUT2D eigenvalue weighted by Gasteiger charge is 2.38. The Bertz CT molecular complexity index is 398. The zero-order chi connectivity index (χ0) is 14.7. The number of nitrogens with one attached hydrogen (secondary N) is 1. The van der Waals surface area contributed by atoms with Crippen molar-refractivity contribution >= 4 is 17.9 Å². The predicted molar refractivity (Wildman–Crippen MR) is 71.1 cm³/mol. The molecule has 0 aromatic heterocycles. The summed E-state index contributed by atoms with van der Waals surface area (Å²) in [5.74, 6) is -0.839. The number of rotatable bonds is 3. The lowest BCUT2D eigenvalue weighted by atomic mass is 9.96. The molecule has 0 aromatic rings. The molecular weight excluding hydrogens is 262 g/mol. The maximum Gasteiger partial charge on any atom is 0.320 e. The van der Waals surface area contributed by atoms with E-state index in [2.05, 4.69) is 5.32 Å². The molecule has 2 N–H and O–H groups in total. The predicted octanol–water partition coefficient (Wildman–Crippen LogP) is -0.0291. The van der Waals surface area contributed by atoms with Crippen LogP contribution in [-0.2, 0) is 9.59 Å². The van der Waals surface area contributed by atoms with Gasteiger partial charge in [0.15, 0.2) is 0 Å². The van der Waals surface area contributed by atoms with E-state index >= 15 is 0 Å². The van der Waals surface area contributed by atoms with Crippen molar-refractivity contribution in [3.8, 4) is 0 Å². The maximum atomic E-state index is 12.1. The normalized spacial score (nSPS) is 20.4. The third kappa shape index (κ3) is 3.40. The second-order valence-corrected chi connectivity index (χ2v) is 5.59. The summed E-state index contributed by atoms with van der Waals surface area (Å²) in [4.78, 5) is 37.0. The number of carboxylic acid groups (broad SMARTS) is 1. The average molecular weight is 283 g/mol. The van der Waals surface area contributed by atoms with Gasteiger partial charge in [0, 0.05) is 39.6 Å². The molecule has 0 aliphatic carbocycles. The van der Waals surface area contributed by atoms with E-state index in [0.717, 1.165) is 12.8 Å². The Morgan fingerprint density at radius 3 is 2.25 bits per heavy atom. The van der Waals surface area contributed by atoms with E-state index in [0.29, 0.717) is 38.6 Å². The van der Waals surface area contributed by atoms with Crippen molar-refractivity contribution in [1.82, 2.24) is 15.1 Å². The Hall–Kier alpha value is -1.79. The Morgan fingerprint density at radius 2 is 1.75 bits per heavy atom. The standard InChI is InChI=1S/C13H21N3O4/c1-9(17)14-6-10-2-4-15(5-3-10)13(20)16-7-11(8-16)12(18)19/h10-11H,2-8H2,1H3,(H,14,17)(H,18,19). The molecule has 2 saturated heterocycles. The SMILES string of the molecule is CC(=O)NCC1CCN(C(=O)N2CC(C(=O)O)C2)CC1. The van der Waals surface area contributed by atoms with Crippen LogP contribution in [0.25, 0.3) is 0 Å². The second kappa shape index (κ2) is 6.11. The van der Waals surface area contributed by atoms with Crippen molar-refractivity contribution in [3.05, 3.63) is 0 Å². The summed E-state index contributed by atoms with van der Waals surface area (Å²) >= 11 is 0. The van der Waals surface area contributed by atoms with Crippen molar-refractivity contribution < 1.29 is 19.5 Å². The number of carboxylic acids is 1. The Morgan fingerprint density at radius 1 is 1.15 bits per heavy atom. The molecule has 112 valence electrons. The monoisotopic (exact) mass is 283 g/mol. The fourth-order valence-electron chi connectivity index (χ4n) is 2.61. The van der Waals surface area contributed by atoms with Crippen LogP contribution in [0, 0.1) is 11.8 Å². The molecule has 20 heavy (non-hydrogen) atoms. The summed E-state index contributed by atoms with van der Waals surface area (Å²) in [6.45, 7) is 4.16. The van der Waals surface area contributed by atoms with Crippen LogP contribution in [0.3, 0.4) is 0 Å². The van der Waals surface area contributed by atoms with Gasteiger partial charge >= 0.3 is 12.0 Å². The molecule has 7 heteroatoms. The van der Waals surface area contributed by atoms with Gasteiger partial charge in [-0.1, -0.05) is 0 Å². The van der Waals surface area contributed by atoms with Gasteiger partial charge in [-0.3, -0.25) is 9.59 Å². The van der Waals surface area contributed by atoms with E-state index in [4.69, 9.17) is 5.11 Å². The van der Waals surface area contributed by atoms with Crippen LogP contribution in [0.5, 0.6) is 0 Å².